The van der Waals surface area contributed by atoms with Gasteiger partial charge in [0, 0.05) is 23.8 Å². The zero-order valence-corrected chi connectivity index (χ0v) is 20.3. The lowest BCUT2D eigenvalue weighted by molar-refractivity contribution is -0.120. The number of anilines is 2. The third-order valence-corrected chi connectivity index (χ3v) is 6.76. The van der Waals surface area contributed by atoms with Gasteiger partial charge in [0.25, 0.3) is 0 Å². The minimum Gasteiger partial charge on any atom is -0.352 e. The number of hydrogen-bond acceptors (Lipinski definition) is 5. The molecule has 1 aliphatic rings. The third kappa shape index (κ3) is 4.12. The summed E-state index contributed by atoms with van der Waals surface area (Å²) in [4.78, 5) is 15.3. The largest absolute Gasteiger partial charge is 0.352 e. The first kappa shape index (κ1) is 22.3. The van der Waals surface area contributed by atoms with Crippen molar-refractivity contribution < 1.29 is 4.79 Å². The number of halogens is 1. The van der Waals surface area contributed by atoms with E-state index in [-0.39, 0.29) is 11.8 Å². The van der Waals surface area contributed by atoms with Crippen LogP contribution in [-0.2, 0) is 4.79 Å². The van der Waals surface area contributed by atoms with Gasteiger partial charge in [-0.25, -0.2) is 4.68 Å². The van der Waals surface area contributed by atoms with Crippen molar-refractivity contribution in [1.29, 1.82) is 0 Å². The molecule has 0 unspecified atom stereocenters. The molecule has 5 rings (SSSR count). The first-order valence-corrected chi connectivity index (χ1v) is 11.9. The molecule has 1 atom stereocenters. The van der Waals surface area contributed by atoms with Gasteiger partial charge in [-0.2, -0.15) is 10.2 Å². The fraction of sp³-hybridized carbons (Fsp3) is 0.308. The molecule has 8 heteroatoms. The lowest BCUT2D eigenvalue weighted by atomic mass is 9.96. The molecule has 1 saturated heterocycles. The molecule has 0 radical (unpaired) electrons. The van der Waals surface area contributed by atoms with Crippen LogP contribution in [0.2, 0.25) is 5.02 Å². The van der Waals surface area contributed by atoms with Crippen molar-refractivity contribution in [3.05, 3.63) is 70.5 Å². The molecule has 0 spiro atoms. The Balaban J connectivity index is 1.44. The summed E-state index contributed by atoms with van der Waals surface area (Å²) >= 11 is 6.06. The van der Waals surface area contributed by atoms with Gasteiger partial charge in [0.1, 0.15) is 5.52 Å². The number of hydrogen-bond donors (Lipinski definition) is 1. The molecule has 1 N–H and O–H groups in total. The van der Waals surface area contributed by atoms with Gasteiger partial charge in [-0.05, 0) is 69.5 Å². The maximum atomic E-state index is 13.1. The maximum absolute atomic E-state index is 13.1. The number of fused-ring (bicyclic) bond motifs is 1. The normalized spacial score (nSPS) is 16.1. The standard InChI is InChI=1S/C26H27ClN6O/c1-16-14-20(27)11-12-22(16)28-26(34)19-8-7-13-32(15-19)25-24-23(17(2)29-30-25)18(3)33(31-24)21-9-5-4-6-10-21/h4-6,9-12,14,19H,7-8,13,15H2,1-3H3,(H,28,34)/t19-/m0/s1. The number of carbonyl (C=O) groups is 1. The van der Waals surface area contributed by atoms with E-state index in [1.807, 2.05) is 61.0 Å². The van der Waals surface area contributed by atoms with Gasteiger partial charge in [-0.3, -0.25) is 4.79 Å². The summed E-state index contributed by atoms with van der Waals surface area (Å²) in [5.74, 6) is 0.593. The Labute approximate surface area is 203 Å². The number of para-hydroxylation sites is 1. The van der Waals surface area contributed by atoms with E-state index in [0.717, 1.165) is 64.4 Å². The molecule has 1 fully saturated rings. The molecule has 0 aliphatic carbocycles. The van der Waals surface area contributed by atoms with Crippen LogP contribution in [0.1, 0.15) is 29.8 Å². The van der Waals surface area contributed by atoms with Gasteiger partial charge in [-0.15, -0.1) is 5.10 Å². The van der Waals surface area contributed by atoms with Crippen molar-refractivity contribution in [1.82, 2.24) is 20.0 Å². The summed E-state index contributed by atoms with van der Waals surface area (Å²) in [5.41, 5.74) is 5.43. The summed E-state index contributed by atoms with van der Waals surface area (Å²) in [6.07, 6.45) is 1.72. The Morgan fingerprint density at radius 2 is 1.88 bits per heavy atom. The summed E-state index contributed by atoms with van der Waals surface area (Å²) < 4.78 is 1.95. The highest BCUT2D eigenvalue weighted by Gasteiger charge is 2.29. The molecular weight excluding hydrogens is 448 g/mol. The van der Waals surface area contributed by atoms with Crippen LogP contribution in [0.15, 0.2) is 48.5 Å². The van der Waals surface area contributed by atoms with E-state index < -0.39 is 0 Å². The van der Waals surface area contributed by atoms with Crippen molar-refractivity contribution in [3.8, 4) is 5.69 Å². The molecule has 7 nitrogen and oxygen atoms in total. The van der Waals surface area contributed by atoms with E-state index in [4.69, 9.17) is 16.7 Å². The second-order valence-corrected chi connectivity index (χ2v) is 9.34. The number of carbonyl (C=O) groups excluding carboxylic acids is 1. The molecule has 2 aromatic heterocycles. The van der Waals surface area contributed by atoms with Crippen LogP contribution in [0.5, 0.6) is 0 Å². The van der Waals surface area contributed by atoms with Crippen LogP contribution in [0.4, 0.5) is 11.5 Å². The Kier molecular flexibility index (Phi) is 5.96. The Morgan fingerprint density at radius 3 is 2.65 bits per heavy atom. The number of piperidine rings is 1. The minimum atomic E-state index is -0.153. The Bertz CT molecular complexity index is 1370. The maximum Gasteiger partial charge on any atom is 0.229 e. The van der Waals surface area contributed by atoms with Crippen LogP contribution in [0, 0.1) is 26.7 Å². The Hall–Kier alpha value is -3.45. The molecule has 174 valence electrons. The van der Waals surface area contributed by atoms with Gasteiger partial charge < -0.3 is 10.2 Å². The topological polar surface area (TPSA) is 75.9 Å². The number of nitrogens with one attached hydrogen (secondary N) is 1. The van der Waals surface area contributed by atoms with Gasteiger partial charge in [0.15, 0.2) is 5.82 Å². The average Bonchev–Trinajstić information content (AvgIpc) is 3.19. The van der Waals surface area contributed by atoms with Crippen LogP contribution < -0.4 is 10.2 Å². The van der Waals surface area contributed by atoms with E-state index in [2.05, 4.69) is 27.3 Å². The highest BCUT2D eigenvalue weighted by Crippen LogP contribution is 2.32. The number of amides is 1. The first-order chi connectivity index (χ1) is 16.4. The van der Waals surface area contributed by atoms with Crippen molar-refractivity contribution in [2.75, 3.05) is 23.3 Å². The minimum absolute atomic E-state index is 0.0115. The number of rotatable bonds is 4. The predicted octanol–water partition coefficient (Wildman–Crippen LogP) is 5.25. The van der Waals surface area contributed by atoms with Crippen molar-refractivity contribution in [2.24, 2.45) is 5.92 Å². The van der Waals surface area contributed by atoms with E-state index in [9.17, 15) is 4.79 Å². The van der Waals surface area contributed by atoms with E-state index >= 15 is 0 Å². The molecule has 4 aromatic rings. The van der Waals surface area contributed by atoms with Gasteiger partial charge in [0.05, 0.1) is 28.4 Å². The summed E-state index contributed by atoms with van der Waals surface area (Å²) in [5, 5.41) is 18.7. The van der Waals surface area contributed by atoms with E-state index in [1.165, 1.54) is 0 Å². The molecule has 3 heterocycles. The fourth-order valence-corrected chi connectivity index (χ4v) is 4.96. The lowest BCUT2D eigenvalue weighted by Crippen LogP contribution is -2.41. The SMILES string of the molecule is Cc1cc(Cl)ccc1NC(=O)[C@H]1CCCN(c2nnc(C)c3c(C)n(-c4ccccc4)nc23)C1. The number of benzene rings is 2. The molecule has 2 aromatic carbocycles. The second kappa shape index (κ2) is 9.06. The van der Waals surface area contributed by atoms with E-state index in [0.29, 0.717) is 11.6 Å². The van der Waals surface area contributed by atoms with Gasteiger partial charge >= 0.3 is 0 Å². The van der Waals surface area contributed by atoms with Crippen LogP contribution >= 0.6 is 11.6 Å². The number of aryl methyl sites for hydroxylation is 3. The third-order valence-electron chi connectivity index (χ3n) is 6.52. The Morgan fingerprint density at radius 1 is 1.09 bits per heavy atom. The highest BCUT2D eigenvalue weighted by molar-refractivity contribution is 6.30. The molecule has 0 saturated carbocycles. The van der Waals surface area contributed by atoms with Gasteiger partial charge in [-0.1, -0.05) is 29.8 Å². The first-order valence-electron chi connectivity index (χ1n) is 11.5. The smallest absolute Gasteiger partial charge is 0.229 e. The average molecular weight is 475 g/mol. The van der Waals surface area contributed by atoms with Gasteiger partial charge in [0.2, 0.25) is 5.91 Å². The number of nitrogens with zero attached hydrogens (tertiary/aromatic N) is 5. The zero-order valence-electron chi connectivity index (χ0n) is 19.5. The summed E-state index contributed by atoms with van der Waals surface area (Å²) in [6, 6.07) is 15.6. The van der Waals surface area contributed by atoms with Crippen LogP contribution in [-0.4, -0.2) is 39.0 Å². The monoisotopic (exact) mass is 474 g/mol. The predicted molar refractivity (Wildman–Crippen MR) is 136 cm³/mol. The molecule has 1 aliphatic heterocycles. The molecule has 1 amide bonds. The quantitative estimate of drug-likeness (QED) is 0.437. The van der Waals surface area contributed by atoms with Crippen molar-refractivity contribution in [2.45, 2.75) is 33.6 Å². The second-order valence-electron chi connectivity index (χ2n) is 8.90. The van der Waals surface area contributed by atoms with E-state index in [1.54, 1.807) is 6.07 Å². The lowest BCUT2D eigenvalue weighted by Gasteiger charge is -2.32. The molecule has 0 bridgehead atoms. The van der Waals surface area contributed by atoms with Crippen molar-refractivity contribution >= 4 is 39.9 Å². The highest BCUT2D eigenvalue weighted by atomic mass is 35.5. The van der Waals surface area contributed by atoms with Crippen LogP contribution in [0.3, 0.4) is 0 Å². The summed E-state index contributed by atoms with van der Waals surface area (Å²) in [7, 11) is 0. The number of aromatic nitrogens is 4. The fourth-order valence-electron chi connectivity index (χ4n) is 4.73. The zero-order chi connectivity index (χ0) is 23.8. The molecule has 34 heavy (non-hydrogen) atoms. The molecular formula is C26H27ClN6O. The van der Waals surface area contributed by atoms with Crippen LogP contribution in [0.25, 0.3) is 16.6 Å². The van der Waals surface area contributed by atoms with Crippen molar-refractivity contribution in [3.63, 3.8) is 0 Å². The summed E-state index contributed by atoms with van der Waals surface area (Å²) in [6.45, 7) is 7.35.